The Balaban J connectivity index is 2.82. The molecule has 0 aromatic carbocycles. The van der Waals surface area contributed by atoms with Gasteiger partial charge in [0.05, 0.1) is 12.2 Å². The van der Waals surface area contributed by atoms with Crippen LogP contribution in [0.2, 0.25) is 0 Å². The predicted molar refractivity (Wildman–Crippen MR) is 80.7 cm³/mol. The van der Waals surface area contributed by atoms with Crippen LogP contribution in [0.1, 0.15) is 54.9 Å². The second-order valence-electron chi connectivity index (χ2n) is 6.95. The van der Waals surface area contributed by atoms with Crippen LogP contribution in [0.5, 0.6) is 0 Å². The van der Waals surface area contributed by atoms with E-state index in [4.69, 9.17) is 0 Å². The molecule has 2 unspecified atom stereocenters. The van der Waals surface area contributed by atoms with Crippen LogP contribution in [0.15, 0.2) is 0 Å². The van der Waals surface area contributed by atoms with E-state index in [-0.39, 0.29) is 12.2 Å². The van der Waals surface area contributed by atoms with Crippen LogP contribution in [0.3, 0.4) is 0 Å². The summed E-state index contributed by atoms with van der Waals surface area (Å²) in [5.74, 6) is 2.47. The van der Waals surface area contributed by atoms with Gasteiger partial charge in [0.25, 0.3) is 0 Å². The van der Waals surface area contributed by atoms with E-state index in [1.807, 2.05) is 0 Å². The molecule has 1 amide bonds. The number of hydrogen-bond acceptors (Lipinski definition) is 2. The Hall–Kier alpha value is -0.570. The normalized spacial score (nSPS) is 24.6. The second-order valence-corrected chi connectivity index (χ2v) is 6.95. The molecule has 1 aliphatic rings. The Morgan fingerprint density at radius 2 is 1.63 bits per heavy atom. The molecular weight excluding hydrogens is 236 g/mol. The highest BCUT2D eigenvalue weighted by Crippen LogP contribution is 2.26. The number of amides is 1. The summed E-state index contributed by atoms with van der Waals surface area (Å²) in [5.41, 5.74) is 0. The summed E-state index contributed by atoms with van der Waals surface area (Å²) in [6, 6.07) is 0.00456. The van der Waals surface area contributed by atoms with Crippen molar-refractivity contribution in [2.75, 3.05) is 6.54 Å². The highest BCUT2D eigenvalue weighted by molar-refractivity contribution is 5.84. The molecule has 112 valence electrons. The van der Waals surface area contributed by atoms with Crippen molar-refractivity contribution in [3.63, 3.8) is 0 Å². The number of carbonyl (C=O) groups is 1. The van der Waals surface area contributed by atoms with Crippen LogP contribution in [0, 0.1) is 23.7 Å². The molecule has 0 bridgehead atoms. The summed E-state index contributed by atoms with van der Waals surface area (Å²) >= 11 is 0. The summed E-state index contributed by atoms with van der Waals surface area (Å²) in [4.78, 5) is 14.7. The lowest BCUT2D eigenvalue weighted by Crippen LogP contribution is -2.42. The van der Waals surface area contributed by atoms with Gasteiger partial charge in [-0.05, 0) is 30.1 Å². The van der Waals surface area contributed by atoms with Gasteiger partial charge in [-0.3, -0.25) is 10.1 Å². The predicted octanol–water partition coefficient (Wildman–Crippen LogP) is 3.11. The zero-order valence-electron chi connectivity index (χ0n) is 13.7. The summed E-state index contributed by atoms with van der Waals surface area (Å²) in [6.07, 6.45) is 1.21. The molecule has 19 heavy (non-hydrogen) atoms. The molecule has 1 aliphatic heterocycles. The molecule has 1 N–H and O–H groups in total. The lowest BCUT2D eigenvalue weighted by molar-refractivity contribution is -0.131. The Labute approximate surface area is 119 Å². The van der Waals surface area contributed by atoms with Gasteiger partial charge in [0.1, 0.15) is 0 Å². The molecule has 1 rings (SSSR count). The van der Waals surface area contributed by atoms with Crippen LogP contribution in [-0.2, 0) is 4.79 Å². The molecule has 3 nitrogen and oxygen atoms in total. The first-order valence-corrected chi connectivity index (χ1v) is 7.86. The van der Waals surface area contributed by atoms with E-state index < -0.39 is 0 Å². The average Bonchev–Trinajstić information content (AvgIpc) is 2.62. The molecule has 0 aromatic heterocycles. The number of nitrogens with zero attached hydrogens (tertiary/aromatic N) is 1. The van der Waals surface area contributed by atoms with E-state index in [2.05, 4.69) is 58.7 Å². The van der Waals surface area contributed by atoms with Crippen molar-refractivity contribution in [2.45, 2.75) is 67.1 Å². The topological polar surface area (TPSA) is 32.3 Å². The third-order valence-electron chi connectivity index (χ3n) is 4.47. The van der Waals surface area contributed by atoms with Crippen molar-refractivity contribution < 1.29 is 4.79 Å². The van der Waals surface area contributed by atoms with Gasteiger partial charge in [-0.15, -0.1) is 0 Å². The van der Waals surface area contributed by atoms with Crippen LogP contribution in [0.25, 0.3) is 0 Å². The second kappa shape index (κ2) is 6.74. The summed E-state index contributed by atoms with van der Waals surface area (Å²) < 4.78 is 0. The molecule has 1 saturated heterocycles. The van der Waals surface area contributed by atoms with Gasteiger partial charge in [-0.25, -0.2) is 0 Å². The Morgan fingerprint density at radius 3 is 2.00 bits per heavy atom. The number of nitrogens with one attached hydrogen (secondary N) is 1. The summed E-state index contributed by atoms with van der Waals surface area (Å²) in [5, 5.41) is 3.50. The Bertz CT molecular complexity index is 291. The average molecular weight is 268 g/mol. The van der Waals surface area contributed by atoms with E-state index in [1.165, 1.54) is 0 Å². The summed E-state index contributed by atoms with van der Waals surface area (Å²) in [6.45, 7) is 16.3. The Kier molecular flexibility index (Phi) is 5.84. The van der Waals surface area contributed by atoms with Gasteiger partial charge in [-0.1, -0.05) is 48.5 Å². The van der Waals surface area contributed by atoms with E-state index in [0.717, 1.165) is 13.0 Å². The number of carbonyl (C=O) groups excluding carboxylic acids is 1. The lowest BCUT2D eigenvalue weighted by Gasteiger charge is -2.32. The van der Waals surface area contributed by atoms with Crippen molar-refractivity contribution in [1.29, 1.82) is 0 Å². The molecular formula is C16H32N2O. The van der Waals surface area contributed by atoms with E-state index >= 15 is 0 Å². The van der Waals surface area contributed by atoms with Crippen LogP contribution in [0.4, 0.5) is 0 Å². The van der Waals surface area contributed by atoms with E-state index in [0.29, 0.717) is 29.6 Å². The molecule has 1 fully saturated rings. The highest BCUT2D eigenvalue weighted by Gasteiger charge is 2.40. The molecule has 3 heteroatoms. The van der Waals surface area contributed by atoms with Crippen LogP contribution >= 0.6 is 0 Å². The SMILES string of the molecule is CCC1NC(C(C)C)C(=O)N1CC(C(C)C)C(C)C. The third kappa shape index (κ3) is 3.71. The van der Waals surface area contributed by atoms with E-state index in [9.17, 15) is 4.79 Å². The molecule has 0 saturated carbocycles. The van der Waals surface area contributed by atoms with Crippen molar-refractivity contribution in [3.05, 3.63) is 0 Å². The zero-order valence-corrected chi connectivity index (χ0v) is 13.7. The minimum Gasteiger partial charge on any atom is -0.326 e. The quantitative estimate of drug-likeness (QED) is 0.803. The molecule has 0 radical (unpaired) electrons. The maximum absolute atomic E-state index is 12.6. The smallest absolute Gasteiger partial charge is 0.241 e. The van der Waals surface area contributed by atoms with Crippen molar-refractivity contribution in [2.24, 2.45) is 23.7 Å². The standard InChI is InChI=1S/C16H32N2O/c1-8-14-17-15(12(6)7)16(19)18(14)9-13(10(2)3)11(4)5/h10-15,17H,8-9H2,1-7H3. The van der Waals surface area contributed by atoms with Crippen LogP contribution < -0.4 is 5.32 Å². The number of rotatable bonds is 6. The third-order valence-corrected chi connectivity index (χ3v) is 4.47. The molecule has 0 aromatic rings. The fraction of sp³-hybridized carbons (Fsp3) is 0.938. The first-order valence-electron chi connectivity index (χ1n) is 7.86. The van der Waals surface area contributed by atoms with Gasteiger partial charge in [-0.2, -0.15) is 0 Å². The molecule has 0 spiro atoms. The fourth-order valence-corrected chi connectivity index (χ4v) is 3.15. The van der Waals surface area contributed by atoms with Crippen LogP contribution in [-0.4, -0.2) is 29.6 Å². The van der Waals surface area contributed by atoms with Crippen molar-refractivity contribution >= 4 is 5.91 Å². The number of hydrogen-bond donors (Lipinski definition) is 1. The minimum absolute atomic E-state index is 0.00456. The molecule has 1 heterocycles. The maximum Gasteiger partial charge on any atom is 0.241 e. The van der Waals surface area contributed by atoms with Gasteiger partial charge >= 0.3 is 0 Å². The van der Waals surface area contributed by atoms with Gasteiger partial charge < -0.3 is 4.90 Å². The minimum atomic E-state index is 0.00456. The highest BCUT2D eigenvalue weighted by atomic mass is 16.2. The lowest BCUT2D eigenvalue weighted by atomic mass is 9.85. The van der Waals surface area contributed by atoms with E-state index in [1.54, 1.807) is 0 Å². The molecule has 2 atom stereocenters. The Morgan fingerprint density at radius 1 is 1.11 bits per heavy atom. The zero-order chi connectivity index (χ0) is 14.7. The van der Waals surface area contributed by atoms with Crippen molar-refractivity contribution in [1.82, 2.24) is 10.2 Å². The van der Waals surface area contributed by atoms with Gasteiger partial charge in [0.2, 0.25) is 5.91 Å². The maximum atomic E-state index is 12.6. The first-order chi connectivity index (χ1) is 8.79. The van der Waals surface area contributed by atoms with Crippen molar-refractivity contribution in [3.8, 4) is 0 Å². The monoisotopic (exact) mass is 268 g/mol. The molecule has 0 aliphatic carbocycles. The fourth-order valence-electron chi connectivity index (χ4n) is 3.15. The van der Waals surface area contributed by atoms with Gasteiger partial charge in [0, 0.05) is 6.54 Å². The first kappa shape index (κ1) is 16.5. The summed E-state index contributed by atoms with van der Waals surface area (Å²) in [7, 11) is 0. The largest absolute Gasteiger partial charge is 0.326 e. The van der Waals surface area contributed by atoms with Gasteiger partial charge in [0.15, 0.2) is 0 Å².